The summed E-state index contributed by atoms with van der Waals surface area (Å²) in [5, 5.41) is 0.875. The van der Waals surface area contributed by atoms with Crippen LogP contribution < -0.4 is 5.30 Å². The van der Waals surface area contributed by atoms with Gasteiger partial charge in [-0.05, 0) is 71.8 Å². The van der Waals surface area contributed by atoms with Crippen LogP contribution in [-0.2, 0) is 23.6 Å². The van der Waals surface area contributed by atoms with Crippen molar-refractivity contribution in [2.45, 2.75) is 45.2 Å². The molecule has 0 radical (unpaired) electrons. The summed E-state index contributed by atoms with van der Waals surface area (Å²) >= 11 is 0. The van der Waals surface area contributed by atoms with E-state index in [-0.39, 0.29) is 11.7 Å². The van der Waals surface area contributed by atoms with Crippen LogP contribution in [0.1, 0.15) is 48.6 Å². The summed E-state index contributed by atoms with van der Waals surface area (Å²) in [6.07, 6.45) is 3.33. The van der Waals surface area contributed by atoms with Gasteiger partial charge in [-0.15, -0.1) is 0 Å². The molecule has 1 aliphatic carbocycles. The molecule has 4 aromatic rings. The molecule has 4 heteroatoms. The van der Waals surface area contributed by atoms with Gasteiger partial charge in [0.15, 0.2) is 0 Å². The predicted octanol–water partition coefficient (Wildman–Crippen LogP) is 7.99. The molecule has 0 N–H and O–H groups in total. The van der Waals surface area contributed by atoms with Gasteiger partial charge in [0.05, 0.1) is 5.69 Å². The monoisotopic (exact) mass is 483 g/mol. The number of aromatic nitrogens is 1. The van der Waals surface area contributed by atoms with Crippen molar-refractivity contribution in [3.05, 3.63) is 107 Å². The minimum atomic E-state index is -2.72. The first-order valence-electron chi connectivity index (χ1n) is 12.4. The van der Waals surface area contributed by atoms with E-state index in [1.54, 1.807) is 0 Å². The molecule has 0 bridgehead atoms. The van der Waals surface area contributed by atoms with E-state index < -0.39 is 7.14 Å². The molecule has 1 aromatic heterocycles. The third kappa shape index (κ3) is 4.62. The minimum absolute atomic E-state index is 0.153. The Morgan fingerprint density at radius 1 is 0.914 bits per heavy atom. The summed E-state index contributed by atoms with van der Waals surface area (Å²) in [5.41, 5.74) is 8.79. The van der Waals surface area contributed by atoms with Crippen molar-refractivity contribution < 1.29 is 8.96 Å². The Labute approximate surface area is 207 Å². The summed E-state index contributed by atoms with van der Waals surface area (Å²) in [4.78, 5) is 5.30. The van der Waals surface area contributed by atoms with Crippen LogP contribution in [0.2, 0.25) is 0 Å². The van der Waals surface area contributed by atoms with Crippen molar-refractivity contribution in [2.75, 3.05) is 6.66 Å². The van der Waals surface area contributed by atoms with E-state index in [1.807, 2.05) is 49.1 Å². The Bertz CT molecular complexity index is 1410. The first-order chi connectivity index (χ1) is 16.8. The van der Waals surface area contributed by atoms with Gasteiger partial charge in [0.1, 0.15) is 13.0 Å². The summed E-state index contributed by atoms with van der Waals surface area (Å²) in [5.74, 6) is -0.101. The molecule has 178 valence electrons. The topological polar surface area (TPSA) is 30.0 Å². The fraction of sp³-hybridized carbons (Fsp3) is 0.258. The van der Waals surface area contributed by atoms with Gasteiger partial charge in [0.25, 0.3) is 0 Å². The van der Waals surface area contributed by atoms with Crippen molar-refractivity contribution in [1.29, 1.82) is 0 Å². The lowest BCUT2D eigenvalue weighted by atomic mass is 9.87. The highest BCUT2D eigenvalue weighted by atomic mass is 31.2. The van der Waals surface area contributed by atoms with Gasteiger partial charge in [-0.1, -0.05) is 80.6 Å². The highest BCUT2D eigenvalue weighted by Crippen LogP contribution is 2.49. The number of aryl methyl sites for hydroxylation is 1. The van der Waals surface area contributed by atoms with Gasteiger partial charge in [0.2, 0.25) is 0 Å². The lowest BCUT2D eigenvalue weighted by Crippen LogP contribution is -2.12. The van der Waals surface area contributed by atoms with Crippen LogP contribution in [0.3, 0.4) is 0 Å². The van der Waals surface area contributed by atoms with E-state index in [0.29, 0.717) is 6.16 Å². The molecular weight excluding hydrogens is 452 g/mol. The molecule has 0 saturated heterocycles. The number of rotatable bonds is 5. The Morgan fingerprint density at radius 2 is 1.60 bits per heavy atom. The van der Waals surface area contributed by atoms with Crippen LogP contribution in [-0.4, -0.2) is 11.6 Å². The van der Waals surface area contributed by atoms with Crippen LogP contribution in [0.15, 0.2) is 78.9 Å². The molecule has 35 heavy (non-hydrogen) atoms. The number of pyridine rings is 1. The van der Waals surface area contributed by atoms with Crippen molar-refractivity contribution >= 4 is 12.4 Å². The van der Waals surface area contributed by atoms with E-state index in [2.05, 4.69) is 38.1 Å². The number of hydrogen-bond acceptors (Lipinski definition) is 2. The molecule has 1 heterocycles. The van der Waals surface area contributed by atoms with Crippen molar-refractivity contribution in [1.82, 2.24) is 4.98 Å². The number of nitrogens with zero attached hydrogens (tertiary/aromatic N) is 1. The third-order valence-electron chi connectivity index (χ3n) is 7.02. The molecule has 1 aliphatic rings. The van der Waals surface area contributed by atoms with Crippen LogP contribution in [0, 0.1) is 5.82 Å². The van der Waals surface area contributed by atoms with E-state index in [9.17, 15) is 8.96 Å². The lowest BCUT2D eigenvalue weighted by molar-refractivity contribution is 0.584. The summed E-state index contributed by atoms with van der Waals surface area (Å²) in [6.45, 7) is 6.18. The SMILES string of the molecule is CC(C)c1nc2c(c(-c3ccc(F)cc3)c1CP(C)(=O)c1ccccc1)CCCc1ccccc1-2. The van der Waals surface area contributed by atoms with Crippen molar-refractivity contribution in [2.24, 2.45) is 0 Å². The molecule has 2 nitrogen and oxygen atoms in total. The highest BCUT2D eigenvalue weighted by Gasteiger charge is 2.29. The lowest BCUT2D eigenvalue weighted by Gasteiger charge is -2.25. The van der Waals surface area contributed by atoms with Crippen molar-refractivity contribution in [3.63, 3.8) is 0 Å². The Hall–Kier alpha value is -3.03. The number of halogens is 1. The van der Waals surface area contributed by atoms with Gasteiger partial charge in [-0.2, -0.15) is 0 Å². The zero-order chi connectivity index (χ0) is 24.6. The van der Waals surface area contributed by atoms with E-state index in [1.165, 1.54) is 28.8 Å². The van der Waals surface area contributed by atoms with Gasteiger partial charge in [0, 0.05) is 22.7 Å². The molecule has 1 unspecified atom stereocenters. The number of fused-ring (bicyclic) bond motifs is 3. The zero-order valence-electron chi connectivity index (χ0n) is 20.6. The molecule has 5 rings (SSSR count). The summed E-state index contributed by atoms with van der Waals surface area (Å²) < 4.78 is 28.1. The Morgan fingerprint density at radius 3 is 2.31 bits per heavy atom. The molecule has 0 aliphatic heterocycles. The summed E-state index contributed by atoms with van der Waals surface area (Å²) in [6, 6.07) is 25.1. The van der Waals surface area contributed by atoms with Crippen LogP contribution in [0.5, 0.6) is 0 Å². The molecule has 0 fully saturated rings. The maximum Gasteiger partial charge on any atom is 0.123 e. The fourth-order valence-electron chi connectivity index (χ4n) is 5.31. The van der Waals surface area contributed by atoms with Crippen molar-refractivity contribution in [3.8, 4) is 22.4 Å². The van der Waals surface area contributed by atoms with Gasteiger partial charge in [-0.25, -0.2) is 4.39 Å². The molecule has 0 saturated carbocycles. The normalized spacial score (nSPS) is 14.7. The van der Waals surface area contributed by atoms with Gasteiger partial charge in [-0.3, -0.25) is 4.98 Å². The molecular formula is C31H31FNOP. The van der Waals surface area contributed by atoms with Gasteiger partial charge < -0.3 is 4.57 Å². The van der Waals surface area contributed by atoms with E-state index >= 15 is 0 Å². The zero-order valence-corrected chi connectivity index (χ0v) is 21.5. The third-order valence-corrected chi connectivity index (χ3v) is 9.33. The maximum absolute atomic E-state index is 14.1. The average Bonchev–Trinajstić information content (AvgIpc) is 3.04. The molecule has 3 aromatic carbocycles. The first kappa shape index (κ1) is 23.7. The second-order valence-electron chi connectivity index (χ2n) is 9.94. The summed E-state index contributed by atoms with van der Waals surface area (Å²) in [7, 11) is -2.72. The smallest absolute Gasteiger partial charge is 0.123 e. The van der Waals surface area contributed by atoms with Crippen LogP contribution in [0.4, 0.5) is 4.39 Å². The Kier molecular flexibility index (Phi) is 6.47. The Balaban J connectivity index is 1.82. The predicted molar refractivity (Wildman–Crippen MR) is 144 cm³/mol. The van der Waals surface area contributed by atoms with E-state index in [4.69, 9.17) is 4.98 Å². The first-order valence-corrected chi connectivity index (χ1v) is 14.7. The maximum atomic E-state index is 14.1. The average molecular weight is 484 g/mol. The highest BCUT2D eigenvalue weighted by molar-refractivity contribution is 7.70. The molecule has 0 amide bonds. The fourth-order valence-corrected chi connectivity index (χ4v) is 7.22. The second-order valence-corrected chi connectivity index (χ2v) is 13.0. The molecule has 0 spiro atoms. The molecule has 1 atom stereocenters. The number of benzene rings is 3. The second kappa shape index (κ2) is 9.55. The van der Waals surface area contributed by atoms with Crippen LogP contribution >= 0.6 is 7.14 Å². The van der Waals surface area contributed by atoms with E-state index in [0.717, 1.165) is 52.6 Å². The van der Waals surface area contributed by atoms with Gasteiger partial charge >= 0.3 is 0 Å². The standard InChI is InChI=1S/C31H31FNOP/c1-21(2)30-28(20-35(3,34)25-12-5-4-6-13-25)29(23-16-18-24(32)19-17-23)27-15-9-11-22-10-7-8-14-26(22)31(27)33-30/h4-8,10,12-14,16-19,21H,9,11,15,20H2,1-3H3. The largest absolute Gasteiger partial charge is 0.319 e. The number of hydrogen-bond donors (Lipinski definition) is 0. The van der Waals surface area contributed by atoms with Crippen LogP contribution in [0.25, 0.3) is 22.4 Å². The minimum Gasteiger partial charge on any atom is -0.319 e. The quantitative estimate of drug-likeness (QED) is 0.269.